The zero-order chi connectivity index (χ0) is 8.97. The van der Waals surface area contributed by atoms with Crippen LogP contribution in [0, 0.1) is 5.92 Å². The van der Waals surface area contributed by atoms with E-state index in [1.807, 2.05) is 0 Å². The molecule has 0 aliphatic carbocycles. The molecule has 1 aromatic rings. The molecule has 0 bridgehead atoms. The van der Waals surface area contributed by atoms with Crippen LogP contribution in [0.25, 0.3) is 0 Å². The molecule has 0 spiro atoms. The summed E-state index contributed by atoms with van der Waals surface area (Å²) in [6.07, 6.45) is 4.38. The highest BCUT2D eigenvalue weighted by molar-refractivity contribution is 5.07. The minimum absolute atomic E-state index is 0.572. The summed E-state index contributed by atoms with van der Waals surface area (Å²) in [5.74, 6) is 1.19. The SMILES string of the molecule is COc1cnc(CC(C)C)cn1. The quantitative estimate of drug-likeness (QED) is 0.685. The lowest BCUT2D eigenvalue weighted by Crippen LogP contribution is -1.98. The van der Waals surface area contributed by atoms with Crippen molar-refractivity contribution >= 4 is 0 Å². The Balaban J connectivity index is 2.65. The van der Waals surface area contributed by atoms with Crippen molar-refractivity contribution < 1.29 is 4.74 Å². The number of rotatable bonds is 3. The van der Waals surface area contributed by atoms with E-state index in [0.717, 1.165) is 12.1 Å². The molecule has 3 heteroatoms. The Labute approximate surface area is 72.8 Å². The summed E-state index contributed by atoms with van der Waals surface area (Å²) in [5, 5.41) is 0. The molecule has 0 atom stereocenters. The summed E-state index contributed by atoms with van der Waals surface area (Å²) in [7, 11) is 1.59. The Morgan fingerprint density at radius 1 is 1.33 bits per heavy atom. The fraction of sp³-hybridized carbons (Fsp3) is 0.556. The first-order valence-electron chi connectivity index (χ1n) is 4.07. The second-order valence-corrected chi connectivity index (χ2v) is 3.15. The molecule has 0 aliphatic rings. The van der Waals surface area contributed by atoms with Gasteiger partial charge in [0.2, 0.25) is 5.88 Å². The summed E-state index contributed by atoms with van der Waals surface area (Å²) in [6, 6.07) is 0. The first-order chi connectivity index (χ1) is 5.72. The minimum Gasteiger partial charge on any atom is -0.480 e. The van der Waals surface area contributed by atoms with Crippen molar-refractivity contribution in [2.24, 2.45) is 5.92 Å². The summed E-state index contributed by atoms with van der Waals surface area (Å²) in [5.41, 5.74) is 1.02. The lowest BCUT2D eigenvalue weighted by atomic mass is 10.1. The predicted molar refractivity (Wildman–Crippen MR) is 47.1 cm³/mol. The molecule has 0 fully saturated rings. The predicted octanol–water partition coefficient (Wildman–Crippen LogP) is 1.68. The number of ether oxygens (including phenoxy) is 1. The number of hydrogen-bond acceptors (Lipinski definition) is 3. The van der Waals surface area contributed by atoms with Crippen LogP contribution in [-0.4, -0.2) is 17.1 Å². The van der Waals surface area contributed by atoms with Crippen LogP contribution in [0.4, 0.5) is 0 Å². The van der Waals surface area contributed by atoms with Crippen molar-refractivity contribution in [3.63, 3.8) is 0 Å². The number of methoxy groups -OCH3 is 1. The molecule has 0 N–H and O–H groups in total. The van der Waals surface area contributed by atoms with Crippen LogP contribution in [0.5, 0.6) is 5.88 Å². The van der Waals surface area contributed by atoms with Gasteiger partial charge in [0.1, 0.15) is 0 Å². The van der Waals surface area contributed by atoms with E-state index in [4.69, 9.17) is 4.74 Å². The van der Waals surface area contributed by atoms with Gasteiger partial charge in [0.05, 0.1) is 25.2 Å². The monoisotopic (exact) mass is 166 g/mol. The molecule has 0 aliphatic heterocycles. The molecule has 66 valence electrons. The minimum atomic E-state index is 0.572. The Morgan fingerprint density at radius 3 is 2.50 bits per heavy atom. The van der Waals surface area contributed by atoms with Crippen LogP contribution in [0.1, 0.15) is 19.5 Å². The molecule has 3 nitrogen and oxygen atoms in total. The van der Waals surface area contributed by atoms with Crippen LogP contribution in [0.2, 0.25) is 0 Å². The van der Waals surface area contributed by atoms with Gasteiger partial charge in [-0.05, 0) is 12.3 Å². The zero-order valence-corrected chi connectivity index (χ0v) is 7.74. The molecular formula is C9H14N2O. The largest absolute Gasteiger partial charge is 0.480 e. The standard InChI is InChI=1S/C9H14N2O/c1-7(2)4-8-5-11-9(12-3)6-10-8/h5-7H,4H2,1-3H3. The summed E-state index contributed by atoms with van der Waals surface area (Å²) >= 11 is 0. The van der Waals surface area contributed by atoms with Crippen molar-refractivity contribution in [3.8, 4) is 5.88 Å². The number of hydrogen-bond donors (Lipinski definition) is 0. The molecule has 12 heavy (non-hydrogen) atoms. The van der Waals surface area contributed by atoms with Crippen LogP contribution >= 0.6 is 0 Å². The van der Waals surface area contributed by atoms with E-state index in [1.54, 1.807) is 19.5 Å². The van der Waals surface area contributed by atoms with Crippen molar-refractivity contribution in [1.29, 1.82) is 0 Å². The molecule has 0 saturated carbocycles. The second-order valence-electron chi connectivity index (χ2n) is 3.15. The second kappa shape index (κ2) is 4.04. The Morgan fingerprint density at radius 2 is 2.08 bits per heavy atom. The Bertz CT molecular complexity index is 231. The van der Waals surface area contributed by atoms with Gasteiger partial charge in [0.25, 0.3) is 0 Å². The van der Waals surface area contributed by atoms with Gasteiger partial charge < -0.3 is 4.74 Å². The van der Waals surface area contributed by atoms with E-state index in [-0.39, 0.29) is 0 Å². The van der Waals surface area contributed by atoms with Gasteiger partial charge in [-0.25, -0.2) is 4.98 Å². The van der Waals surface area contributed by atoms with Crippen molar-refractivity contribution in [3.05, 3.63) is 18.1 Å². The third-order valence-corrected chi connectivity index (χ3v) is 1.51. The summed E-state index contributed by atoms with van der Waals surface area (Å²) < 4.78 is 4.90. The maximum atomic E-state index is 4.90. The van der Waals surface area contributed by atoms with Crippen LogP contribution < -0.4 is 4.74 Å². The van der Waals surface area contributed by atoms with Gasteiger partial charge in [-0.2, -0.15) is 0 Å². The zero-order valence-electron chi connectivity index (χ0n) is 7.74. The van der Waals surface area contributed by atoms with Crippen LogP contribution in [0.3, 0.4) is 0 Å². The highest BCUT2D eigenvalue weighted by Gasteiger charge is 1.99. The Hall–Kier alpha value is -1.12. The lowest BCUT2D eigenvalue weighted by Gasteiger charge is -2.03. The average molecular weight is 166 g/mol. The molecule has 0 unspecified atom stereocenters. The van der Waals surface area contributed by atoms with Gasteiger partial charge in [0.15, 0.2) is 0 Å². The lowest BCUT2D eigenvalue weighted by molar-refractivity contribution is 0.394. The number of nitrogens with zero attached hydrogens (tertiary/aromatic N) is 2. The smallest absolute Gasteiger partial charge is 0.231 e. The first kappa shape index (κ1) is 8.97. The fourth-order valence-electron chi connectivity index (χ4n) is 0.972. The van der Waals surface area contributed by atoms with E-state index in [9.17, 15) is 0 Å². The fourth-order valence-corrected chi connectivity index (χ4v) is 0.972. The molecule has 0 radical (unpaired) electrons. The maximum Gasteiger partial charge on any atom is 0.231 e. The van der Waals surface area contributed by atoms with Crippen LogP contribution in [0.15, 0.2) is 12.4 Å². The molecule has 1 heterocycles. The highest BCUT2D eigenvalue weighted by atomic mass is 16.5. The number of aromatic nitrogens is 2. The topological polar surface area (TPSA) is 35.0 Å². The van der Waals surface area contributed by atoms with E-state index >= 15 is 0 Å². The molecular weight excluding hydrogens is 152 g/mol. The third-order valence-electron chi connectivity index (χ3n) is 1.51. The summed E-state index contributed by atoms with van der Waals surface area (Å²) in [6.45, 7) is 4.32. The highest BCUT2D eigenvalue weighted by Crippen LogP contribution is 2.06. The normalized spacial score (nSPS) is 10.3. The van der Waals surface area contributed by atoms with Crippen molar-refractivity contribution in [2.45, 2.75) is 20.3 Å². The Kier molecular flexibility index (Phi) is 3.02. The van der Waals surface area contributed by atoms with E-state index < -0.39 is 0 Å². The molecule has 0 amide bonds. The van der Waals surface area contributed by atoms with Crippen molar-refractivity contribution in [1.82, 2.24) is 9.97 Å². The maximum absolute atomic E-state index is 4.90. The molecule has 0 saturated heterocycles. The first-order valence-corrected chi connectivity index (χ1v) is 4.07. The van der Waals surface area contributed by atoms with Crippen LogP contribution in [-0.2, 0) is 6.42 Å². The average Bonchev–Trinajstić information content (AvgIpc) is 2.05. The molecule has 1 rings (SSSR count). The van der Waals surface area contributed by atoms with Gasteiger partial charge in [-0.3, -0.25) is 4.98 Å². The van der Waals surface area contributed by atoms with Gasteiger partial charge in [-0.1, -0.05) is 13.8 Å². The van der Waals surface area contributed by atoms with E-state index in [0.29, 0.717) is 11.8 Å². The third kappa shape index (κ3) is 2.49. The molecule has 1 aromatic heterocycles. The molecule has 0 aromatic carbocycles. The van der Waals surface area contributed by atoms with E-state index in [2.05, 4.69) is 23.8 Å². The summed E-state index contributed by atoms with van der Waals surface area (Å²) in [4.78, 5) is 8.27. The van der Waals surface area contributed by atoms with E-state index in [1.165, 1.54) is 0 Å². The van der Waals surface area contributed by atoms with Gasteiger partial charge in [-0.15, -0.1) is 0 Å². The van der Waals surface area contributed by atoms with Gasteiger partial charge >= 0.3 is 0 Å². The van der Waals surface area contributed by atoms with Crippen molar-refractivity contribution in [2.75, 3.05) is 7.11 Å². The van der Waals surface area contributed by atoms with Gasteiger partial charge in [0, 0.05) is 0 Å².